The topological polar surface area (TPSA) is 72.2 Å². The number of sulfonamides is 1. The van der Waals surface area contributed by atoms with Crippen molar-refractivity contribution in [2.45, 2.75) is 38.1 Å². The molecule has 2 aromatic carbocycles. The highest BCUT2D eigenvalue weighted by atomic mass is 32.2. The molecule has 0 atom stereocenters. The Kier molecular flexibility index (Phi) is 4.73. The van der Waals surface area contributed by atoms with Crippen molar-refractivity contribution in [3.05, 3.63) is 60.4 Å². The summed E-state index contributed by atoms with van der Waals surface area (Å²) in [5.74, 6) is 0.687. The fourth-order valence-corrected chi connectivity index (χ4v) is 4.19. The number of nitrogens with zero attached hydrogens (tertiary/aromatic N) is 1. The van der Waals surface area contributed by atoms with E-state index in [-0.39, 0.29) is 4.90 Å². The van der Waals surface area contributed by atoms with Crippen LogP contribution < -0.4 is 4.72 Å². The second-order valence-corrected chi connectivity index (χ2v) is 8.89. The summed E-state index contributed by atoms with van der Waals surface area (Å²) in [6.45, 7) is 7.28. The van der Waals surface area contributed by atoms with Crippen LogP contribution in [0.15, 0.2) is 64.0 Å². The molecule has 0 aliphatic carbocycles. The number of aromatic nitrogens is 1. The molecular formula is C20H22N2O3S. The standard InChI is InChI=1S/C20H22N2O3S/c1-14-18(19(21-25-14)16-8-6-5-7-9-16)15-10-12-17(13-11-15)26(23,24)22-20(2,3)4/h5-13,22H,1-4H3. The maximum atomic E-state index is 12.5. The summed E-state index contributed by atoms with van der Waals surface area (Å²) in [6.07, 6.45) is 0. The Morgan fingerprint density at radius 2 is 1.54 bits per heavy atom. The van der Waals surface area contributed by atoms with Crippen LogP contribution in [-0.4, -0.2) is 19.1 Å². The minimum absolute atomic E-state index is 0.228. The van der Waals surface area contributed by atoms with Gasteiger partial charge in [-0.3, -0.25) is 0 Å². The summed E-state index contributed by atoms with van der Waals surface area (Å²) >= 11 is 0. The second-order valence-electron chi connectivity index (χ2n) is 7.21. The molecule has 26 heavy (non-hydrogen) atoms. The zero-order valence-electron chi connectivity index (χ0n) is 15.3. The molecule has 136 valence electrons. The van der Waals surface area contributed by atoms with Crippen LogP contribution >= 0.6 is 0 Å². The third-order valence-corrected chi connectivity index (χ3v) is 5.58. The zero-order chi connectivity index (χ0) is 18.9. The van der Waals surface area contributed by atoms with E-state index in [1.54, 1.807) is 24.3 Å². The van der Waals surface area contributed by atoms with Crippen LogP contribution in [-0.2, 0) is 10.0 Å². The number of benzene rings is 2. The first-order valence-corrected chi connectivity index (χ1v) is 9.82. The number of hydrogen-bond acceptors (Lipinski definition) is 4. The van der Waals surface area contributed by atoms with E-state index >= 15 is 0 Å². The molecule has 1 heterocycles. The van der Waals surface area contributed by atoms with E-state index in [1.165, 1.54) is 0 Å². The minimum Gasteiger partial charge on any atom is -0.360 e. The Labute approximate surface area is 154 Å². The molecule has 1 N–H and O–H groups in total. The van der Waals surface area contributed by atoms with Gasteiger partial charge in [0.25, 0.3) is 0 Å². The highest BCUT2D eigenvalue weighted by Crippen LogP contribution is 2.34. The smallest absolute Gasteiger partial charge is 0.241 e. The molecule has 0 saturated carbocycles. The van der Waals surface area contributed by atoms with Gasteiger partial charge in [0.2, 0.25) is 10.0 Å². The van der Waals surface area contributed by atoms with Gasteiger partial charge in [0.05, 0.1) is 10.5 Å². The van der Waals surface area contributed by atoms with Gasteiger partial charge in [-0.25, -0.2) is 13.1 Å². The van der Waals surface area contributed by atoms with E-state index in [0.717, 1.165) is 22.4 Å². The molecule has 3 aromatic rings. The van der Waals surface area contributed by atoms with E-state index in [1.807, 2.05) is 58.0 Å². The summed E-state index contributed by atoms with van der Waals surface area (Å²) in [6, 6.07) is 16.5. The largest absolute Gasteiger partial charge is 0.360 e. The van der Waals surface area contributed by atoms with Crippen molar-refractivity contribution in [3.8, 4) is 22.4 Å². The van der Waals surface area contributed by atoms with Gasteiger partial charge < -0.3 is 4.52 Å². The van der Waals surface area contributed by atoms with Gasteiger partial charge in [-0.05, 0) is 45.4 Å². The van der Waals surface area contributed by atoms with Crippen molar-refractivity contribution in [2.75, 3.05) is 0 Å². The SMILES string of the molecule is Cc1onc(-c2ccccc2)c1-c1ccc(S(=O)(=O)NC(C)(C)C)cc1. The molecule has 0 spiro atoms. The summed E-state index contributed by atoms with van der Waals surface area (Å²) < 4.78 is 33.0. The molecule has 1 aromatic heterocycles. The van der Waals surface area contributed by atoms with Crippen molar-refractivity contribution in [2.24, 2.45) is 0 Å². The van der Waals surface area contributed by atoms with E-state index in [0.29, 0.717) is 5.76 Å². The normalized spacial score (nSPS) is 12.3. The van der Waals surface area contributed by atoms with E-state index in [9.17, 15) is 8.42 Å². The lowest BCUT2D eigenvalue weighted by Crippen LogP contribution is -2.40. The predicted molar refractivity (Wildman–Crippen MR) is 102 cm³/mol. The highest BCUT2D eigenvalue weighted by Gasteiger charge is 2.22. The molecule has 0 unspecified atom stereocenters. The van der Waals surface area contributed by atoms with Crippen LogP contribution in [0.4, 0.5) is 0 Å². The molecule has 0 fully saturated rings. The fourth-order valence-electron chi connectivity index (χ4n) is 2.77. The van der Waals surface area contributed by atoms with Gasteiger partial charge in [-0.1, -0.05) is 47.6 Å². The summed E-state index contributed by atoms with van der Waals surface area (Å²) in [5, 5.41) is 4.18. The highest BCUT2D eigenvalue weighted by molar-refractivity contribution is 7.89. The quantitative estimate of drug-likeness (QED) is 0.739. The van der Waals surface area contributed by atoms with Crippen molar-refractivity contribution in [1.29, 1.82) is 0 Å². The Morgan fingerprint density at radius 3 is 2.12 bits per heavy atom. The van der Waals surface area contributed by atoms with Gasteiger partial charge in [-0.2, -0.15) is 0 Å². The lowest BCUT2D eigenvalue weighted by molar-refractivity contribution is 0.400. The van der Waals surface area contributed by atoms with Gasteiger partial charge in [0.1, 0.15) is 11.5 Å². The number of rotatable bonds is 4. The van der Waals surface area contributed by atoms with Gasteiger partial charge in [-0.15, -0.1) is 0 Å². The molecule has 0 radical (unpaired) electrons. The molecular weight excluding hydrogens is 348 g/mol. The Balaban J connectivity index is 2.00. The first-order chi connectivity index (χ1) is 12.2. The fraction of sp³-hybridized carbons (Fsp3) is 0.250. The molecule has 0 bridgehead atoms. The van der Waals surface area contributed by atoms with E-state index < -0.39 is 15.6 Å². The van der Waals surface area contributed by atoms with Crippen LogP contribution in [0.2, 0.25) is 0 Å². The molecule has 0 amide bonds. The molecule has 5 nitrogen and oxygen atoms in total. The zero-order valence-corrected chi connectivity index (χ0v) is 16.1. The lowest BCUT2D eigenvalue weighted by Gasteiger charge is -2.20. The first kappa shape index (κ1) is 18.4. The second kappa shape index (κ2) is 6.70. The van der Waals surface area contributed by atoms with Crippen molar-refractivity contribution in [3.63, 3.8) is 0 Å². The van der Waals surface area contributed by atoms with E-state index in [4.69, 9.17) is 4.52 Å². The molecule has 0 saturated heterocycles. The predicted octanol–water partition coefficient (Wildman–Crippen LogP) is 4.39. The van der Waals surface area contributed by atoms with Crippen molar-refractivity contribution in [1.82, 2.24) is 9.88 Å². The summed E-state index contributed by atoms with van der Waals surface area (Å²) in [4.78, 5) is 0.228. The molecule has 6 heteroatoms. The average molecular weight is 370 g/mol. The molecule has 0 aliphatic rings. The Hall–Kier alpha value is -2.44. The van der Waals surface area contributed by atoms with Crippen LogP contribution in [0.1, 0.15) is 26.5 Å². The number of nitrogens with one attached hydrogen (secondary N) is 1. The monoisotopic (exact) mass is 370 g/mol. The lowest BCUT2D eigenvalue weighted by atomic mass is 10.00. The van der Waals surface area contributed by atoms with Crippen molar-refractivity contribution >= 4 is 10.0 Å². The van der Waals surface area contributed by atoms with Crippen LogP contribution in [0.25, 0.3) is 22.4 Å². The van der Waals surface area contributed by atoms with Gasteiger partial charge >= 0.3 is 0 Å². The Bertz CT molecular complexity index is 999. The van der Waals surface area contributed by atoms with Crippen LogP contribution in [0, 0.1) is 6.92 Å². The van der Waals surface area contributed by atoms with E-state index in [2.05, 4.69) is 9.88 Å². The maximum absolute atomic E-state index is 12.5. The van der Waals surface area contributed by atoms with Gasteiger partial charge in [0, 0.05) is 11.1 Å². The van der Waals surface area contributed by atoms with Crippen LogP contribution in [0.5, 0.6) is 0 Å². The third-order valence-electron chi connectivity index (χ3n) is 3.80. The average Bonchev–Trinajstić information content (AvgIpc) is 2.95. The number of aryl methyl sites for hydroxylation is 1. The molecule has 0 aliphatic heterocycles. The third kappa shape index (κ3) is 3.86. The number of hydrogen-bond donors (Lipinski definition) is 1. The minimum atomic E-state index is -3.57. The van der Waals surface area contributed by atoms with Crippen LogP contribution in [0.3, 0.4) is 0 Å². The maximum Gasteiger partial charge on any atom is 0.241 e. The Morgan fingerprint density at radius 1 is 0.923 bits per heavy atom. The summed E-state index contributed by atoms with van der Waals surface area (Å²) in [5.41, 5.74) is 2.88. The van der Waals surface area contributed by atoms with Crippen molar-refractivity contribution < 1.29 is 12.9 Å². The molecule has 3 rings (SSSR count). The first-order valence-electron chi connectivity index (χ1n) is 8.33. The summed E-state index contributed by atoms with van der Waals surface area (Å²) in [7, 11) is -3.57. The van der Waals surface area contributed by atoms with Gasteiger partial charge in [0.15, 0.2) is 0 Å².